The van der Waals surface area contributed by atoms with E-state index >= 15 is 0 Å². The van der Waals surface area contributed by atoms with Crippen LogP contribution in [0.2, 0.25) is 10.0 Å². The van der Waals surface area contributed by atoms with Gasteiger partial charge < -0.3 is 5.73 Å². The maximum atomic E-state index is 5.72. The van der Waals surface area contributed by atoms with E-state index in [0.29, 0.717) is 10.0 Å². The molecule has 0 radical (unpaired) electrons. The Hall–Kier alpha value is -0.240. The van der Waals surface area contributed by atoms with Crippen LogP contribution in [0.25, 0.3) is 0 Å². The maximum absolute atomic E-state index is 5.72. The smallest absolute Gasteiger partial charge is 0.0998 e. The van der Waals surface area contributed by atoms with E-state index in [1.807, 2.05) is 12.1 Å². The monoisotopic (exact) mass is 176 g/mol. The van der Waals surface area contributed by atoms with E-state index in [-0.39, 0.29) is 0 Å². The van der Waals surface area contributed by atoms with Crippen LogP contribution in [0.4, 0.5) is 0 Å². The molecule has 1 rings (SSSR count). The van der Waals surface area contributed by atoms with Crippen molar-refractivity contribution in [2.75, 3.05) is 0 Å². The van der Waals surface area contributed by atoms with Crippen molar-refractivity contribution in [2.45, 2.75) is 6.54 Å². The van der Waals surface area contributed by atoms with E-state index in [9.17, 15) is 0 Å². The second-order valence-electron chi connectivity index (χ2n) is 2.03. The fraction of sp³-hybridized carbons (Fsp3) is 0.143. The summed E-state index contributed by atoms with van der Waals surface area (Å²) in [5, 5.41) is 1.34. The van der Waals surface area contributed by atoms with E-state index in [1.54, 1.807) is 6.07 Å². The minimum absolute atomic E-state index is 0.672. The summed E-state index contributed by atoms with van der Waals surface area (Å²) in [6.07, 6.45) is 0. The molecule has 0 aliphatic heterocycles. The lowest BCUT2D eigenvalue weighted by Gasteiger charge is -1.95. The summed E-state index contributed by atoms with van der Waals surface area (Å²) >= 11 is 11.4. The normalized spacial score (nSPS) is 9.90. The summed E-state index contributed by atoms with van der Waals surface area (Å²) in [4.78, 5) is 0. The van der Waals surface area contributed by atoms with Gasteiger partial charge in [-0.3, -0.25) is 0 Å². The first-order valence-electron chi connectivity index (χ1n) is 2.96. The predicted octanol–water partition coefficient (Wildman–Crippen LogP) is 1.74. The van der Waals surface area contributed by atoms with Gasteiger partial charge in [0.1, 0.15) is 0 Å². The molecule has 0 aliphatic carbocycles. The van der Waals surface area contributed by atoms with E-state index in [1.165, 1.54) is 0 Å². The van der Waals surface area contributed by atoms with Crippen molar-refractivity contribution in [3.8, 4) is 0 Å². The summed E-state index contributed by atoms with van der Waals surface area (Å²) in [6.45, 7) is 0.722. The molecule has 0 spiro atoms. The molecule has 1 nitrogen and oxygen atoms in total. The van der Waals surface area contributed by atoms with Crippen molar-refractivity contribution in [3.05, 3.63) is 33.8 Å². The number of quaternary nitrogens is 1. The average molecular weight is 177 g/mol. The molecule has 0 aliphatic rings. The molecule has 54 valence electrons. The van der Waals surface area contributed by atoms with Gasteiger partial charge in [0.2, 0.25) is 0 Å². The Labute approximate surface area is 69.7 Å². The van der Waals surface area contributed by atoms with Gasteiger partial charge in [0.25, 0.3) is 0 Å². The number of benzene rings is 1. The van der Waals surface area contributed by atoms with Crippen LogP contribution in [0.5, 0.6) is 0 Å². The Kier molecular flexibility index (Phi) is 2.55. The number of hydrogen-bond donors (Lipinski definition) is 1. The molecule has 0 saturated heterocycles. The minimum atomic E-state index is 0.672. The van der Waals surface area contributed by atoms with Gasteiger partial charge in [0, 0.05) is 15.6 Å². The SMILES string of the molecule is [NH3+]Cc1cc(Cl)cc(Cl)c1. The highest BCUT2D eigenvalue weighted by Gasteiger charge is 1.95. The summed E-state index contributed by atoms with van der Waals surface area (Å²) < 4.78 is 0. The van der Waals surface area contributed by atoms with Crippen molar-refractivity contribution in [2.24, 2.45) is 0 Å². The summed E-state index contributed by atoms with van der Waals surface area (Å²) in [6, 6.07) is 5.43. The molecule has 0 bridgehead atoms. The molecular weight excluding hydrogens is 169 g/mol. The van der Waals surface area contributed by atoms with Gasteiger partial charge in [-0.1, -0.05) is 23.2 Å². The highest BCUT2D eigenvalue weighted by Crippen LogP contribution is 2.17. The van der Waals surface area contributed by atoms with Gasteiger partial charge >= 0.3 is 0 Å². The zero-order chi connectivity index (χ0) is 7.56. The molecule has 0 amide bonds. The first kappa shape index (κ1) is 7.86. The van der Waals surface area contributed by atoms with Gasteiger partial charge in [-0.25, -0.2) is 0 Å². The number of rotatable bonds is 1. The van der Waals surface area contributed by atoms with Crippen LogP contribution >= 0.6 is 23.2 Å². The van der Waals surface area contributed by atoms with Crippen LogP contribution in [0.15, 0.2) is 18.2 Å². The number of hydrogen-bond acceptors (Lipinski definition) is 0. The van der Waals surface area contributed by atoms with Gasteiger partial charge in [-0.15, -0.1) is 0 Å². The Balaban J connectivity index is 3.06. The van der Waals surface area contributed by atoms with Gasteiger partial charge in [-0.05, 0) is 18.2 Å². The van der Waals surface area contributed by atoms with E-state index in [4.69, 9.17) is 23.2 Å². The van der Waals surface area contributed by atoms with Crippen molar-refractivity contribution >= 4 is 23.2 Å². The predicted molar refractivity (Wildman–Crippen MR) is 43.1 cm³/mol. The van der Waals surface area contributed by atoms with Crippen molar-refractivity contribution in [3.63, 3.8) is 0 Å². The van der Waals surface area contributed by atoms with E-state index < -0.39 is 0 Å². The second kappa shape index (κ2) is 3.24. The molecular formula is C7H8Cl2N+. The lowest BCUT2D eigenvalue weighted by atomic mass is 10.2. The van der Waals surface area contributed by atoms with Crippen molar-refractivity contribution in [1.82, 2.24) is 0 Å². The highest BCUT2D eigenvalue weighted by molar-refractivity contribution is 6.34. The topological polar surface area (TPSA) is 27.6 Å². The molecule has 0 heterocycles. The Morgan fingerprint density at radius 3 is 2.00 bits per heavy atom. The van der Waals surface area contributed by atoms with Crippen molar-refractivity contribution < 1.29 is 5.73 Å². The summed E-state index contributed by atoms with van der Waals surface area (Å²) in [5.74, 6) is 0. The first-order valence-corrected chi connectivity index (χ1v) is 3.72. The Bertz CT molecular complexity index is 215. The zero-order valence-corrected chi connectivity index (χ0v) is 6.91. The standard InChI is InChI=1S/C7H7Cl2N/c8-6-1-5(4-10)2-7(9)3-6/h1-3H,4,10H2/p+1. The lowest BCUT2D eigenvalue weighted by molar-refractivity contribution is -0.386. The van der Waals surface area contributed by atoms with Gasteiger partial charge in [-0.2, -0.15) is 0 Å². The van der Waals surface area contributed by atoms with Crippen LogP contribution < -0.4 is 5.73 Å². The third-order valence-corrected chi connectivity index (χ3v) is 1.65. The fourth-order valence-corrected chi connectivity index (χ4v) is 1.33. The molecule has 0 atom stereocenters. The second-order valence-corrected chi connectivity index (χ2v) is 2.90. The molecule has 0 unspecified atom stereocenters. The zero-order valence-electron chi connectivity index (χ0n) is 5.40. The Morgan fingerprint density at radius 1 is 1.10 bits per heavy atom. The molecule has 0 fully saturated rings. The number of halogens is 2. The fourth-order valence-electron chi connectivity index (χ4n) is 0.755. The summed E-state index contributed by atoms with van der Waals surface area (Å²) in [7, 11) is 0. The van der Waals surface area contributed by atoms with Gasteiger partial charge in [0.05, 0.1) is 6.54 Å². The third kappa shape index (κ3) is 1.87. The van der Waals surface area contributed by atoms with Crippen molar-refractivity contribution in [1.29, 1.82) is 0 Å². The molecule has 1 aromatic rings. The van der Waals surface area contributed by atoms with Crippen LogP contribution in [-0.2, 0) is 6.54 Å². The quantitative estimate of drug-likeness (QED) is 0.676. The third-order valence-electron chi connectivity index (χ3n) is 1.21. The highest BCUT2D eigenvalue weighted by atomic mass is 35.5. The largest absolute Gasteiger partial charge is 0.354 e. The maximum Gasteiger partial charge on any atom is 0.0998 e. The lowest BCUT2D eigenvalue weighted by Crippen LogP contribution is -2.47. The molecule has 1 aromatic carbocycles. The van der Waals surface area contributed by atoms with Crippen LogP contribution in [-0.4, -0.2) is 0 Å². The van der Waals surface area contributed by atoms with Crippen LogP contribution in [0.1, 0.15) is 5.56 Å². The molecule has 0 saturated carbocycles. The Morgan fingerprint density at radius 2 is 1.60 bits per heavy atom. The van der Waals surface area contributed by atoms with E-state index in [2.05, 4.69) is 5.73 Å². The first-order chi connectivity index (χ1) is 4.72. The molecule has 3 N–H and O–H groups in total. The minimum Gasteiger partial charge on any atom is -0.354 e. The van der Waals surface area contributed by atoms with E-state index in [0.717, 1.165) is 12.1 Å². The van der Waals surface area contributed by atoms with Crippen LogP contribution in [0, 0.1) is 0 Å². The van der Waals surface area contributed by atoms with Gasteiger partial charge in [0.15, 0.2) is 0 Å². The molecule has 0 aromatic heterocycles. The molecule has 3 heteroatoms. The molecule has 10 heavy (non-hydrogen) atoms. The van der Waals surface area contributed by atoms with Crippen LogP contribution in [0.3, 0.4) is 0 Å². The summed E-state index contributed by atoms with van der Waals surface area (Å²) in [5.41, 5.74) is 4.79. The average Bonchev–Trinajstić information content (AvgIpc) is 1.85.